The molecule has 0 bridgehead atoms. The van der Waals surface area contributed by atoms with Gasteiger partial charge in [0.1, 0.15) is 17.2 Å². The van der Waals surface area contributed by atoms with Crippen LogP contribution in [0.25, 0.3) is 0 Å². The Hall–Kier alpha value is -2.80. The van der Waals surface area contributed by atoms with Gasteiger partial charge in [0, 0.05) is 29.7 Å². The number of ether oxygens (including phenoxy) is 3. The van der Waals surface area contributed by atoms with E-state index in [1.165, 1.54) is 26.4 Å². The largest absolute Gasteiger partial charge is 0.508 e. The Labute approximate surface area is 138 Å². The van der Waals surface area contributed by atoms with Crippen molar-refractivity contribution in [3.05, 3.63) is 35.4 Å². The minimum absolute atomic E-state index is 0.136. The van der Waals surface area contributed by atoms with Crippen molar-refractivity contribution >= 4 is 0 Å². The molecule has 1 heterocycles. The second-order valence-electron chi connectivity index (χ2n) is 5.53. The number of hydrogen-bond donors (Lipinski definition) is 4. The quantitative estimate of drug-likeness (QED) is 0.678. The summed E-state index contributed by atoms with van der Waals surface area (Å²) in [5.41, 5.74) is 0.955. The summed E-state index contributed by atoms with van der Waals surface area (Å²) in [5, 5.41) is 39.9. The molecule has 7 heteroatoms. The molecule has 1 aliphatic rings. The van der Waals surface area contributed by atoms with Crippen LogP contribution in [0.3, 0.4) is 0 Å². The molecule has 0 radical (unpaired) electrons. The van der Waals surface area contributed by atoms with Crippen LogP contribution in [-0.2, 0) is 6.42 Å². The van der Waals surface area contributed by atoms with Gasteiger partial charge in [0.15, 0.2) is 17.6 Å². The Morgan fingerprint density at radius 3 is 2.21 bits per heavy atom. The second-order valence-corrected chi connectivity index (χ2v) is 5.53. The average Bonchev–Trinajstić information content (AvgIpc) is 2.55. The van der Waals surface area contributed by atoms with Gasteiger partial charge in [-0.2, -0.15) is 0 Å². The zero-order chi connectivity index (χ0) is 17.4. The number of fused-ring (bicyclic) bond motifs is 1. The molecule has 0 saturated carbocycles. The van der Waals surface area contributed by atoms with Crippen molar-refractivity contribution < 1.29 is 34.6 Å². The number of aromatic hydroxyl groups is 3. The first-order chi connectivity index (χ1) is 11.4. The highest BCUT2D eigenvalue weighted by atomic mass is 16.5. The van der Waals surface area contributed by atoms with Gasteiger partial charge in [-0.05, 0) is 12.1 Å². The summed E-state index contributed by atoms with van der Waals surface area (Å²) < 4.78 is 16.0. The van der Waals surface area contributed by atoms with E-state index in [4.69, 9.17) is 14.2 Å². The molecule has 0 amide bonds. The van der Waals surface area contributed by atoms with Crippen LogP contribution in [0.15, 0.2) is 24.3 Å². The summed E-state index contributed by atoms with van der Waals surface area (Å²) in [7, 11) is 2.81. The highest BCUT2D eigenvalue weighted by Crippen LogP contribution is 2.45. The molecule has 0 aromatic heterocycles. The van der Waals surface area contributed by atoms with Gasteiger partial charge >= 0.3 is 0 Å². The molecule has 3 rings (SSSR count). The molecular weight excluding hydrogens is 316 g/mol. The topological polar surface area (TPSA) is 109 Å². The molecule has 0 fully saturated rings. The third-order valence-corrected chi connectivity index (χ3v) is 4.02. The van der Waals surface area contributed by atoms with Gasteiger partial charge in [0.05, 0.1) is 20.3 Å². The van der Waals surface area contributed by atoms with Crippen molar-refractivity contribution in [3.63, 3.8) is 0 Å². The van der Waals surface area contributed by atoms with Gasteiger partial charge < -0.3 is 34.6 Å². The molecule has 1 aliphatic heterocycles. The number of hydrogen-bond acceptors (Lipinski definition) is 7. The van der Waals surface area contributed by atoms with Gasteiger partial charge in [-0.15, -0.1) is 0 Å². The Balaban J connectivity index is 2.04. The number of benzene rings is 2. The molecule has 128 valence electrons. The van der Waals surface area contributed by atoms with Crippen molar-refractivity contribution in [2.24, 2.45) is 0 Å². The lowest BCUT2D eigenvalue weighted by Gasteiger charge is -2.31. The van der Waals surface area contributed by atoms with Gasteiger partial charge in [0.2, 0.25) is 5.75 Å². The minimum atomic E-state index is -0.938. The van der Waals surface area contributed by atoms with Crippen molar-refractivity contribution in [2.75, 3.05) is 14.2 Å². The van der Waals surface area contributed by atoms with E-state index in [0.29, 0.717) is 11.1 Å². The van der Waals surface area contributed by atoms with Crippen LogP contribution in [0.4, 0.5) is 0 Å². The molecule has 2 aromatic rings. The first-order valence-electron chi connectivity index (χ1n) is 7.29. The van der Waals surface area contributed by atoms with E-state index in [1.807, 2.05) is 0 Å². The van der Waals surface area contributed by atoms with Crippen molar-refractivity contribution in [3.8, 4) is 34.5 Å². The second kappa shape index (κ2) is 6.01. The fourth-order valence-corrected chi connectivity index (χ4v) is 2.83. The molecule has 7 nitrogen and oxygen atoms in total. The zero-order valence-electron chi connectivity index (χ0n) is 13.2. The van der Waals surface area contributed by atoms with E-state index in [1.54, 1.807) is 12.1 Å². The van der Waals surface area contributed by atoms with E-state index in [2.05, 4.69) is 0 Å². The standard InChI is InChI=1S/C17H18O7/c1-22-14-3-8(4-15(23-2)16(14)21)17-12(20)7-10-11(19)5-9(18)6-13(10)24-17/h3-6,12,17-21H,7H2,1-2H3. The normalized spacial score (nSPS) is 19.3. The maximum absolute atomic E-state index is 10.4. The van der Waals surface area contributed by atoms with E-state index < -0.39 is 12.2 Å². The number of rotatable bonds is 3. The Kier molecular flexibility index (Phi) is 4.02. The molecule has 0 spiro atoms. The number of aliphatic hydroxyl groups excluding tert-OH is 1. The molecule has 0 saturated heterocycles. The van der Waals surface area contributed by atoms with Crippen LogP contribution in [0.2, 0.25) is 0 Å². The lowest BCUT2D eigenvalue weighted by Crippen LogP contribution is -2.30. The van der Waals surface area contributed by atoms with Crippen LogP contribution in [0, 0.1) is 0 Å². The summed E-state index contributed by atoms with van der Waals surface area (Å²) >= 11 is 0. The number of phenolic OH excluding ortho intramolecular Hbond substituents is 3. The number of aliphatic hydroxyl groups is 1. The van der Waals surface area contributed by atoms with Crippen molar-refractivity contribution in [1.82, 2.24) is 0 Å². The first-order valence-corrected chi connectivity index (χ1v) is 7.29. The average molecular weight is 334 g/mol. The maximum atomic E-state index is 10.4. The molecule has 2 atom stereocenters. The highest BCUT2D eigenvalue weighted by molar-refractivity contribution is 5.55. The lowest BCUT2D eigenvalue weighted by molar-refractivity contribution is 0.0195. The highest BCUT2D eigenvalue weighted by Gasteiger charge is 2.33. The predicted molar refractivity (Wildman–Crippen MR) is 84.1 cm³/mol. The fourth-order valence-electron chi connectivity index (χ4n) is 2.83. The summed E-state index contributed by atoms with van der Waals surface area (Å²) in [6.07, 6.45) is -1.56. The first kappa shape index (κ1) is 16.1. The zero-order valence-corrected chi connectivity index (χ0v) is 13.2. The van der Waals surface area contributed by atoms with Crippen molar-refractivity contribution in [1.29, 1.82) is 0 Å². The molecule has 4 N–H and O–H groups in total. The molecule has 0 aliphatic carbocycles. The predicted octanol–water partition coefficient (Wildman–Crippen LogP) is 1.86. The van der Waals surface area contributed by atoms with Gasteiger partial charge in [-0.1, -0.05) is 0 Å². The maximum Gasteiger partial charge on any atom is 0.200 e. The molecule has 2 aromatic carbocycles. The van der Waals surface area contributed by atoms with Gasteiger partial charge in [-0.3, -0.25) is 0 Å². The molecule has 24 heavy (non-hydrogen) atoms. The Morgan fingerprint density at radius 1 is 1.00 bits per heavy atom. The van der Waals surface area contributed by atoms with Crippen molar-refractivity contribution in [2.45, 2.75) is 18.6 Å². The lowest BCUT2D eigenvalue weighted by atomic mass is 9.93. The van der Waals surface area contributed by atoms with Gasteiger partial charge in [0.25, 0.3) is 0 Å². The van der Waals surface area contributed by atoms with Gasteiger partial charge in [-0.25, -0.2) is 0 Å². The Bertz CT molecular complexity index is 747. The summed E-state index contributed by atoms with van der Waals surface area (Å²) in [5.74, 6) is 0.235. The summed E-state index contributed by atoms with van der Waals surface area (Å²) in [4.78, 5) is 0. The molecule has 2 unspecified atom stereocenters. The smallest absolute Gasteiger partial charge is 0.200 e. The summed E-state index contributed by atoms with van der Waals surface area (Å²) in [6, 6.07) is 5.66. The monoisotopic (exact) mass is 334 g/mol. The van der Waals surface area contributed by atoms with Crippen LogP contribution in [-0.4, -0.2) is 40.7 Å². The van der Waals surface area contributed by atoms with E-state index in [-0.39, 0.29) is 40.9 Å². The third kappa shape index (κ3) is 2.63. The molecular formula is C17H18O7. The van der Waals surface area contributed by atoms with Crippen LogP contribution in [0.1, 0.15) is 17.2 Å². The third-order valence-electron chi connectivity index (χ3n) is 4.02. The fraction of sp³-hybridized carbons (Fsp3) is 0.294. The Morgan fingerprint density at radius 2 is 1.62 bits per heavy atom. The van der Waals surface area contributed by atoms with Crippen LogP contribution in [0.5, 0.6) is 34.5 Å². The van der Waals surface area contributed by atoms with Crippen LogP contribution >= 0.6 is 0 Å². The number of phenols is 3. The number of methoxy groups -OCH3 is 2. The van der Waals surface area contributed by atoms with Crippen LogP contribution < -0.4 is 14.2 Å². The minimum Gasteiger partial charge on any atom is -0.508 e. The van der Waals surface area contributed by atoms with E-state index >= 15 is 0 Å². The van der Waals surface area contributed by atoms with E-state index in [9.17, 15) is 20.4 Å². The van der Waals surface area contributed by atoms with E-state index in [0.717, 1.165) is 0 Å². The SMILES string of the molecule is COc1cc(C2Oc3cc(O)cc(O)c3CC2O)cc(OC)c1O. The summed E-state index contributed by atoms with van der Waals surface area (Å²) in [6.45, 7) is 0.